The Morgan fingerprint density at radius 1 is 1.42 bits per heavy atom. The third-order valence-electron chi connectivity index (χ3n) is 3.42. The predicted molar refractivity (Wildman–Crippen MR) is 75.3 cm³/mol. The zero-order valence-electron chi connectivity index (χ0n) is 11.9. The van der Waals surface area contributed by atoms with E-state index >= 15 is 0 Å². The van der Waals surface area contributed by atoms with Crippen molar-refractivity contribution in [2.24, 2.45) is 0 Å². The molecule has 2 rings (SSSR count). The van der Waals surface area contributed by atoms with Gasteiger partial charge in [-0.05, 0) is 25.3 Å². The smallest absolute Gasteiger partial charge is 0.356 e. The van der Waals surface area contributed by atoms with E-state index in [1.165, 1.54) is 0 Å². The maximum Gasteiger partial charge on any atom is 0.356 e. The van der Waals surface area contributed by atoms with Gasteiger partial charge in [-0.1, -0.05) is 19.6 Å². The molecule has 0 radical (unpaired) electrons. The lowest BCUT2D eigenvalue weighted by Crippen LogP contribution is -2.22. The minimum Gasteiger partial charge on any atom is -0.476 e. The average Bonchev–Trinajstić information content (AvgIpc) is 2.84. The highest BCUT2D eigenvalue weighted by molar-refractivity contribution is 6.76. The van der Waals surface area contributed by atoms with Crippen molar-refractivity contribution in [2.45, 2.75) is 51.7 Å². The quantitative estimate of drug-likeness (QED) is 0.642. The van der Waals surface area contributed by atoms with Crippen LogP contribution in [0.25, 0.3) is 0 Å². The first-order chi connectivity index (χ1) is 8.88. The summed E-state index contributed by atoms with van der Waals surface area (Å²) in [6.07, 6.45) is 2.75. The molecule has 1 N–H and O–H groups in total. The van der Waals surface area contributed by atoms with Crippen molar-refractivity contribution < 1.29 is 14.6 Å². The maximum absolute atomic E-state index is 11.1. The number of fused-ring (bicyclic) bond motifs is 1. The second-order valence-electron chi connectivity index (χ2n) is 6.28. The van der Waals surface area contributed by atoms with E-state index < -0.39 is 14.0 Å². The molecule has 1 aromatic rings. The Balaban J connectivity index is 1.98. The minimum atomic E-state index is -1.08. The van der Waals surface area contributed by atoms with Crippen LogP contribution in [0.4, 0.5) is 0 Å². The van der Waals surface area contributed by atoms with Crippen molar-refractivity contribution in [1.82, 2.24) is 9.78 Å². The highest BCUT2D eigenvalue weighted by Gasteiger charge is 2.25. The van der Waals surface area contributed by atoms with Crippen LogP contribution in [0.15, 0.2) is 0 Å². The van der Waals surface area contributed by atoms with Gasteiger partial charge >= 0.3 is 5.97 Å². The van der Waals surface area contributed by atoms with Gasteiger partial charge in [-0.3, -0.25) is 0 Å². The van der Waals surface area contributed by atoms with Crippen molar-refractivity contribution in [3.63, 3.8) is 0 Å². The molecule has 0 atom stereocenters. The van der Waals surface area contributed by atoms with E-state index in [0.717, 1.165) is 43.2 Å². The highest BCUT2D eigenvalue weighted by Crippen LogP contribution is 2.25. The van der Waals surface area contributed by atoms with E-state index in [4.69, 9.17) is 9.84 Å². The summed E-state index contributed by atoms with van der Waals surface area (Å²) in [5.74, 6) is -0.931. The van der Waals surface area contributed by atoms with Gasteiger partial charge in [0.1, 0.15) is 6.73 Å². The molecular weight excluding hydrogens is 260 g/mol. The molecule has 0 bridgehead atoms. The molecule has 0 amide bonds. The van der Waals surface area contributed by atoms with Gasteiger partial charge in [0.15, 0.2) is 5.69 Å². The number of carbonyl (C=O) groups is 1. The topological polar surface area (TPSA) is 64.4 Å². The van der Waals surface area contributed by atoms with Crippen molar-refractivity contribution in [3.05, 3.63) is 17.0 Å². The van der Waals surface area contributed by atoms with E-state index in [1.807, 2.05) is 0 Å². The van der Waals surface area contributed by atoms with Crippen molar-refractivity contribution >= 4 is 14.0 Å². The second-order valence-corrected chi connectivity index (χ2v) is 11.9. The van der Waals surface area contributed by atoms with E-state index in [9.17, 15) is 4.79 Å². The molecule has 1 aromatic heterocycles. The number of aromatic carboxylic acids is 1. The van der Waals surface area contributed by atoms with Gasteiger partial charge in [0, 0.05) is 25.9 Å². The molecule has 0 aromatic carbocycles. The SMILES string of the molecule is C[Si](C)(C)CCOCn1nc(C(=O)O)c2c1CCC2. The largest absolute Gasteiger partial charge is 0.476 e. The molecule has 0 saturated heterocycles. The Labute approximate surface area is 114 Å². The number of nitrogens with zero attached hydrogens (tertiary/aromatic N) is 2. The molecule has 5 nitrogen and oxygen atoms in total. The molecule has 19 heavy (non-hydrogen) atoms. The molecule has 0 spiro atoms. The van der Waals surface area contributed by atoms with E-state index in [1.54, 1.807) is 4.68 Å². The third-order valence-corrected chi connectivity index (χ3v) is 5.12. The van der Waals surface area contributed by atoms with Gasteiger partial charge in [-0.15, -0.1) is 0 Å². The molecule has 0 unspecified atom stereocenters. The zero-order chi connectivity index (χ0) is 14.0. The second kappa shape index (κ2) is 5.46. The Morgan fingerprint density at radius 2 is 2.16 bits per heavy atom. The van der Waals surface area contributed by atoms with Crippen molar-refractivity contribution in [3.8, 4) is 0 Å². The van der Waals surface area contributed by atoms with Crippen LogP contribution >= 0.6 is 0 Å². The molecule has 1 aliphatic rings. The number of hydrogen-bond acceptors (Lipinski definition) is 3. The normalized spacial score (nSPS) is 14.7. The summed E-state index contributed by atoms with van der Waals surface area (Å²) in [6.45, 7) is 8.03. The van der Waals surface area contributed by atoms with Gasteiger partial charge in [-0.25, -0.2) is 9.48 Å². The fourth-order valence-electron chi connectivity index (χ4n) is 2.32. The first-order valence-electron chi connectivity index (χ1n) is 6.78. The highest BCUT2D eigenvalue weighted by atomic mass is 28.3. The Morgan fingerprint density at radius 3 is 2.79 bits per heavy atom. The van der Waals surface area contributed by atoms with Gasteiger partial charge < -0.3 is 9.84 Å². The summed E-state index contributed by atoms with van der Waals surface area (Å²) >= 11 is 0. The summed E-state index contributed by atoms with van der Waals surface area (Å²) in [6, 6.07) is 1.11. The van der Waals surface area contributed by atoms with Gasteiger partial charge in [-0.2, -0.15) is 5.10 Å². The molecule has 6 heteroatoms. The number of rotatable bonds is 6. The molecule has 1 heterocycles. The average molecular weight is 282 g/mol. The number of carboxylic acid groups (broad SMARTS) is 1. The van der Waals surface area contributed by atoms with Crippen LogP contribution in [-0.2, 0) is 24.3 Å². The summed E-state index contributed by atoms with van der Waals surface area (Å²) in [5.41, 5.74) is 2.16. The number of hydrogen-bond donors (Lipinski definition) is 1. The Bertz CT molecular complexity index is 477. The molecular formula is C13H22N2O3Si. The molecule has 0 saturated carbocycles. The van der Waals surface area contributed by atoms with Crippen LogP contribution in [-0.4, -0.2) is 35.5 Å². The standard InChI is InChI=1S/C13H22N2O3Si/c1-19(2,3)8-7-18-9-15-11-6-4-5-10(11)12(14-15)13(16)17/h4-9H2,1-3H3,(H,16,17). The lowest BCUT2D eigenvalue weighted by atomic mass is 10.2. The maximum atomic E-state index is 11.1. The lowest BCUT2D eigenvalue weighted by molar-refractivity contribution is 0.0667. The molecule has 0 aliphatic heterocycles. The first kappa shape index (κ1) is 14.3. The predicted octanol–water partition coefficient (Wildman–Crippen LogP) is 2.38. The van der Waals surface area contributed by atoms with E-state index in [2.05, 4.69) is 24.7 Å². The van der Waals surface area contributed by atoms with Crippen LogP contribution in [0.3, 0.4) is 0 Å². The van der Waals surface area contributed by atoms with Crippen LogP contribution in [0.2, 0.25) is 25.7 Å². The van der Waals surface area contributed by atoms with Gasteiger partial charge in [0.05, 0.1) is 0 Å². The summed E-state index contributed by atoms with van der Waals surface area (Å²) in [7, 11) is -1.08. The fourth-order valence-corrected chi connectivity index (χ4v) is 3.07. The lowest BCUT2D eigenvalue weighted by Gasteiger charge is -2.15. The van der Waals surface area contributed by atoms with Crippen LogP contribution in [0.5, 0.6) is 0 Å². The number of carboxylic acids is 1. The van der Waals surface area contributed by atoms with Crippen LogP contribution in [0.1, 0.15) is 28.2 Å². The zero-order valence-corrected chi connectivity index (χ0v) is 12.9. The molecule has 106 valence electrons. The monoisotopic (exact) mass is 282 g/mol. The summed E-state index contributed by atoms with van der Waals surface area (Å²) in [5, 5.41) is 13.3. The third kappa shape index (κ3) is 3.45. The summed E-state index contributed by atoms with van der Waals surface area (Å²) < 4.78 is 7.39. The van der Waals surface area contributed by atoms with Crippen molar-refractivity contribution in [2.75, 3.05) is 6.61 Å². The Hall–Kier alpha value is -1.14. The number of ether oxygens (including phenoxy) is 1. The van der Waals surface area contributed by atoms with E-state index in [-0.39, 0.29) is 5.69 Å². The van der Waals surface area contributed by atoms with Crippen molar-refractivity contribution in [1.29, 1.82) is 0 Å². The van der Waals surface area contributed by atoms with Gasteiger partial charge in [0.2, 0.25) is 0 Å². The number of aromatic nitrogens is 2. The van der Waals surface area contributed by atoms with Crippen LogP contribution in [0, 0.1) is 0 Å². The molecule has 1 aliphatic carbocycles. The first-order valence-corrected chi connectivity index (χ1v) is 10.5. The summed E-state index contributed by atoms with van der Waals surface area (Å²) in [4.78, 5) is 11.1. The van der Waals surface area contributed by atoms with E-state index in [0.29, 0.717) is 6.73 Å². The Kier molecular flexibility index (Phi) is 4.10. The van der Waals surface area contributed by atoms with Crippen LogP contribution < -0.4 is 0 Å². The minimum absolute atomic E-state index is 0.210. The van der Waals surface area contributed by atoms with Gasteiger partial charge in [0.25, 0.3) is 0 Å². The molecule has 0 fully saturated rings. The fraction of sp³-hybridized carbons (Fsp3) is 0.692.